The summed E-state index contributed by atoms with van der Waals surface area (Å²) < 4.78 is 0. The molecular weight excluding hydrogens is 488 g/mol. The zero-order valence-electron chi connectivity index (χ0n) is 23.3. The topological polar surface area (TPSA) is 32.3 Å². The predicted molar refractivity (Wildman–Crippen MR) is 170 cm³/mol. The van der Waals surface area contributed by atoms with Gasteiger partial charge >= 0.3 is 0 Å². The number of benzene rings is 2. The number of nitrogens with zero attached hydrogens (tertiary/aromatic N) is 4. The van der Waals surface area contributed by atoms with Crippen LogP contribution in [0.4, 0.5) is 11.4 Å². The molecule has 0 N–H and O–H groups in total. The summed E-state index contributed by atoms with van der Waals surface area (Å²) in [5.74, 6) is 0. The standard InChI is InChI=1S/C36H38N4/c1-3-23-39(24-4-1)33-15-11-29(12-16-33)7-9-31-19-21-37-35(27-31)36-28-32(20-22-38-36)10-8-30-13-17-34(18-14-30)40-25-5-2-6-26-40/h7-22,27-28H,1-6,23-26H2/b9-7+,10-8+. The van der Waals surface area contributed by atoms with E-state index in [4.69, 9.17) is 0 Å². The molecule has 4 nitrogen and oxygen atoms in total. The third-order valence-electron chi connectivity index (χ3n) is 8.00. The van der Waals surface area contributed by atoms with Gasteiger partial charge in [0.05, 0.1) is 11.4 Å². The van der Waals surface area contributed by atoms with Crippen molar-refractivity contribution in [2.45, 2.75) is 38.5 Å². The van der Waals surface area contributed by atoms with Crippen LogP contribution >= 0.6 is 0 Å². The largest absolute Gasteiger partial charge is 0.372 e. The molecule has 0 bridgehead atoms. The molecule has 2 aliphatic heterocycles. The molecule has 0 unspecified atom stereocenters. The van der Waals surface area contributed by atoms with Crippen LogP contribution in [0.25, 0.3) is 35.7 Å². The van der Waals surface area contributed by atoms with E-state index in [0.717, 1.165) is 22.5 Å². The maximum absolute atomic E-state index is 4.61. The Morgan fingerprint density at radius 1 is 0.425 bits per heavy atom. The van der Waals surface area contributed by atoms with Crippen LogP contribution in [0.2, 0.25) is 0 Å². The normalized spacial score (nSPS) is 16.2. The number of hydrogen-bond acceptors (Lipinski definition) is 4. The number of piperidine rings is 2. The molecule has 2 fully saturated rings. The second-order valence-corrected chi connectivity index (χ2v) is 10.9. The van der Waals surface area contributed by atoms with E-state index in [1.165, 1.54) is 87.2 Å². The van der Waals surface area contributed by atoms with Crippen molar-refractivity contribution in [2.75, 3.05) is 36.0 Å². The number of anilines is 2. The lowest BCUT2D eigenvalue weighted by molar-refractivity contribution is 0.578. The molecule has 4 heteroatoms. The van der Waals surface area contributed by atoms with Gasteiger partial charge in [0, 0.05) is 49.9 Å². The Hall–Kier alpha value is -4.18. The van der Waals surface area contributed by atoms with E-state index in [9.17, 15) is 0 Å². The number of hydrogen-bond donors (Lipinski definition) is 0. The summed E-state index contributed by atoms with van der Waals surface area (Å²) in [5.41, 5.74) is 9.05. The minimum Gasteiger partial charge on any atom is -0.372 e. The van der Waals surface area contributed by atoms with E-state index in [-0.39, 0.29) is 0 Å². The summed E-state index contributed by atoms with van der Waals surface area (Å²) in [6, 6.07) is 26.1. The van der Waals surface area contributed by atoms with Crippen molar-refractivity contribution in [3.05, 3.63) is 107 Å². The fourth-order valence-corrected chi connectivity index (χ4v) is 5.66. The third kappa shape index (κ3) is 6.69. The molecule has 0 atom stereocenters. The Balaban J connectivity index is 1.11. The second-order valence-electron chi connectivity index (χ2n) is 10.9. The van der Waals surface area contributed by atoms with Gasteiger partial charge in [-0.1, -0.05) is 48.6 Å². The van der Waals surface area contributed by atoms with Crippen molar-refractivity contribution in [3.8, 4) is 11.4 Å². The SMILES string of the molecule is C(=C\c1ccnc(-c2cc(/C=C/c3ccc(N4CCCCC4)cc3)ccn2)c1)/c1ccc(N2CCCCC2)cc1. The van der Waals surface area contributed by atoms with Crippen LogP contribution in [-0.4, -0.2) is 36.1 Å². The molecule has 2 saturated heterocycles. The molecule has 0 spiro atoms. The predicted octanol–water partition coefficient (Wildman–Crippen LogP) is 8.47. The number of aromatic nitrogens is 2. The quantitative estimate of drug-likeness (QED) is 0.242. The van der Waals surface area contributed by atoms with Gasteiger partial charge in [0.15, 0.2) is 0 Å². The first-order valence-corrected chi connectivity index (χ1v) is 14.8. The Kier molecular flexibility index (Phi) is 8.33. The minimum atomic E-state index is 0.878. The van der Waals surface area contributed by atoms with Crippen LogP contribution < -0.4 is 9.80 Å². The van der Waals surface area contributed by atoms with E-state index in [1.54, 1.807) is 0 Å². The average molecular weight is 527 g/mol. The van der Waals surface area contributed by atoms with Crippen LogP contribution in [0, 0.1) is 0 Å². The molecule has 40 heavy (non-hydrogen) atoms. The van der Waals surface area contributed by atoms with Gasteiger partial charge in [0.1, 0.15) is 0 Å². The molecule has 4 aromatic rings. The Morgan fingerprint density at radius 2 is 0.800 bits per heavy atom. The first-order chi connectivity index (χ1) is 19.8. The smallest absolute Gasteiger partial charge is 0.0892 e. The highest BCUT2D eigenvalue weighted by atomic mass is 15.1. The van der Waals surface area contributed by atoms with Gasteiger partial charge in [-0.05, 0) is 109 Å². The van der Waals surface area contributed by atoms with Gasteiger partial charge in [-0.15, -0.1) is 0 Å². The number of rotatable bonds is 7. The molecule has 0 saturated carbocycles. The molecule has 0 aliphatic carbocycles. The summed E-state index contributed by atoms with van der Waals surface area (Å²) in [6.45, 7) is 4.69. The summed E-state index contributed by atoms with van der Waals surface area (Å²) in [4.78, 5) is 14.2. The molecule has 2 aromatic carbocycles. The lowest BCUT2D eigenvalue weighted by atomic mass is 10.1. The van der Waals surface area contributed by atoms with Crippen molar-refractivity contribution in [1.82, 2.24) is 9.97 Å². The van der Waals surface area contributed by atoms with Crippen molar-refractivity contribution in [2.24, 2.45) is 0 Å². The monoisotopic (exact) mass is 526 g/mol. The van der Waals surface area contributed by atoms with Gasteiger partial charge in [-0.3, -0.25) is 9.97 Å². The number of pyridine rings is 2. The summed E-state index contributed by atoms with van der Waals surface area (Å²) >= 11 is 0. The molecule has 0 radical (unpaired) electrons. The van der Waals surface area contributed by atoms with Gasteiger partial charge < -0.3 is 9.80 Å². The lowest BCUT2D eigenvalue weighted by Gasteiger charge is -2.28. The highest BCUT2D eigenvalue weighted by Crippen LogP contribution is 2.24. The lowest BCUT2D eigenvalue weighted by Crippen LogP contribution is -2.29. The van der Waals surface area contributed by atoms with E-state index in [0.29, 0.717) is 0 Å². The van der Waals surface area contributed by atoms with Crippen LogP contribution in [0.15, 0.2) is 85.2 Å². The van der Waals surface area contributed by atoms with Gasteiger partial charge in [0.2, 0.25) is 0 Å². The van der Waals surface area contributed by atoms with Crippen LogP contribution in [0.3, 0.4) is 0 Å². The Labute approximate surface area is 238 Å². The van der Waals surface area contributed by atoms with Crippen molar-refractivity contribution < 1.29 is 0 Å². The first kappa shape index (κ1) is 26.1. The highest BCUT2D eigenvalue weighted by molar-refractivity contribution is 5.74. The molecular formula is C36H38N4. The Morgan fingerprint density at radius 3 is 1.20 bits per heavy atom. The van der Waals surface area contributed by atoms with Crippen molar-refractivity contribution in [3.63, 3.8) is 0 Å². The van der Waals surface area contributed by atoms with Gasteiger partial charge in [-0.2, -0.15) is 0 Å². The van der Waals surface area contributed by atoms with Crippen LogP contribution in [0.1, 0.15) is 60.8 Å². The minimum absolute atomic E-state index is 0.878. The molecule has 6 rings (SSSR count). The molecule has 2 aromatic heterocycles. The second kappa shape index (κ2) is 12.8. The summed E-state index contributed by atoms with van der Waals surface area (Å²) in [5, 5.41) is 0. The molecule has 4 heterocycles. The van der Waals surface area contributed by atoms with E-state index in [1.807, 2.05) is 24.5 Å². The fraction of sp³-hybridized carbons (Fsp3) is 0.278. The van der Waals surface area contributed by atoms with Crippen LogP contribution in [-0.2, 0) is 0 Å². The first-order valence-electron chi connectivity index (χ1n) is 14.8. The summed E-state index contributed by atoms with van der Waals surface area (Å²) in [6.07, 6.45) is 20.3. The average Bonchev–Trinajstić information content (AvgIpc) is 3.04. The molecule has 0 amide bonds. The van der Waals surface area contributed by atoms with E-state index >= 15 is 0 Å². The van der Waals surface area contributed by atoms with E-state index in [2.05, 4.69) is 105 Å². The maximum Gasteiger partial charge on any atom is 0.0892 e. The molecule has 202 valence electrons. The highest BCUT2D eigenvalue weighted by Gasteiger charge is 2.11. The van der Waals surface area contributed by atoms with Gasteiger partial charge in [-0.25, -0.2) is 0 Å². The van der Waals surface area contributed by atoms with E-state index < -0.39 is 0 Å². The van der Waals surface area contributed by atoms with Gasteiger partial charge in [0.25, 0.3) is 0 Å². The molecule has 2 aliphatic rings. The maximum atomic E-state index is 4.61. The Bertz CT molecular complexity index is 1330. The summed E-state index contributed by atoms with van der Waals surface area (Å²) in [7, 11) is 0. The van der Waals surface area contributed by atoms with Crippen molar-refractivity contribution in [1.29, 1.82) is 0 Å². The zero-order chi connectivity index (χ0) is 27.0. The third-order valence-corrected chi connectivity index (χ3v) is 8.00. The fourth-order valence-electron chi connectivity index (χ4n) is 5.66. The van der Waals surface area contributed by atoms with Crippen molar-refractivity contribution >= 4 is 35.7 Å². The zero-order valence-corrected chi connectivity index (χ0v) is 23.3. The van der Waals surface area contributed by atoms with Crippen LogP contribution in [0.5, 0.6) is 0 Å².